The van der Waals surface area contributed by atoms with E-state index in [1.54, 1.807) is 36.8 Å². The fourth-order valence-corrected chi connectivity index (χ4v) is 1.93. The predicted octanol–water partition coefficient (Wildman–Crippen LogP) is 3.21. The first-order valence-electron chi connectivity index (χ1n) is 6.35. The molecule has 0 fully saturated rings. The molecule has 1 heterocycles. The van der Waals surface area contributed by atoms with Crippen molar-refractivity contribution < 1.29 is 9.53 Å². The molecule has 0 aliphatic heterocycles. The molecule has 5 heteroatoms. The number of benzene rings is 1. The van der Waals surface area contributed by atoms with E-state index in [0.29, 0.717) is 17.3 Å². The number of carbonyl (C=O) groups excluding carboxylic acids is 1. The highest BCUT2D eigenvalue weighted by Crippen LogP contribution is 2.21. The molecule has 1 aromatic heterocycles. The Morgan fingerprint density at radius 1 is 1.35 bits per heavy atom. The number of carbonyl (C=O) groups is 1. The van der Waals surface area contributed by atoms with Crippen molar-refractivity contribution >= 4 is 17.4 Å². The topological polar surface area (TPSA) is 44.1 Å². The van der Waals surface area contributed by atoms with Crippen LogP contribution in [0.5, 0.6) is 5.75 Å². The molecule has 4 nitrogen and oxygen atoms in total. The number of rotatable bonds is 6. The van der Waals surface area contributed by atoms with Crippen molar-refractivity contribution in [1.82, 2.24) is 9.55 Å². The molecule has 2 aromatic rings. The molecule has 0 bridgehead atoms. The fourth-order valence-electron chi connectivity index (χ4n) is 1.80. The molecule has 0 saturated heterocycles. The molecule has 0 amide bonds. The molecule has 20 heavy (non-hydrogen) atoms. The summed E-state index contributed by atoms with van der Waals surface area (Å²) in [6.07, 6.45) is 5.24. The molecule has 0 N–H and O–H groups in total. The second-order valence-electron chi connectivity index (χ2n) is 5.28. The summed E-state index contributed by atoms with van der Waals surface area (Å²) >= 11 is 5.80. The lowest BCUT2D eigenvalue weighted by Crippen LogP contribution is -2.33. The number of ether oxygens (including phenoxy) is 1. The van der Waals surface area contributed by atoms with Gasteiger partial charge in [-0.05, 0) is 24.3 Å². The van der Waals surface area contributed by atoms with Gasteiger partial charge in [0.25, 0.3) is 0 Å². The van der Waals surface area contributed by atoms with Gasteiger partial charge in [0.2, 0.25) is 0 Å². The van der Waals surface area contributed by atoms with E-state index < -0.39 is 5.41 Å². The zero-order valence-corrected chi connectivity index (χ0v) is 12.3. The molecule has 0 unspecified atom stereocenters. The van der Waals surface area contributed by atoms with Crippen LogP contribution in [0.15, 0.2) is 43.0 Å². The summed E-state index contributed by atoms with van der Waals surface area (Å²) in [5.74, 6) is 0.683. The minimum absolute atomic E-state index is 0.0427. The second kappa shape index (κ2) is 6.09. The summed E-state index contributed by atoms with van der Waals surface area (Å²) in [5, 5.41) is 0.643. The SMILES string of the molecule is CC(C)(Cn1ccnc1)C(=O)COc1ccc(Cl)cc1. The van der Waals surface area contributed by atoms with Gasteiger partial charge >= 0.3 is 0 Å². The summed E-state index contributed by atoms with van der Waals surface area (Å²) in [6, 6.07) is 6.97. The number of hydrogen-bond acceptors (Lipinski definition) is 3. The average Bonchev–Trinajstić information content (AvgIpc) is 2.89. The summed E-state index contributed by atoms with van der Waals surface area (Å²) in [7, 11) is 0. The lowest BCUT2D eigenvalue weighted by Gasteiger charge is -2.23. The highest BCUT2D eigenvalue weighted by molar-refractivity contribution is 6.30. The van der Waals surface area contributed by atoms with E-state index in [1.165, 1.54) is 0 Å². The molecule has 0 aliphatic rings. The van der Waals surface area contributed by atoms with Crippen LogP contribution < -0.4 is 4.74 Å². The van der Waals surface area contributed by atoms with Crippen molar-refractivity contribution in [2.24, 2.45) is 5.41 Å². The Kier molecular flexibility index (Phi) is 4.45. The van der Waals surface area contributed by atoms with Crippen molar-refractivity contribution in [2.45, 2.75) is 20.4 Å². The lowest BCUT2D eigenvalue weighted by atomic mass is 9.88. The van der Waals surface area contributed by atoms with Gasteiger partial charge in [0.05, 0.1) is 6.33 Å². The van der Waals surface area contributed by atoms with Crippen molar-refractivity contribution in [1.29, 1.82) is 0 Å². The van der Waals surface area contributed by atoms with Crippen molar-refractivity contribution in [3.8, 4) is 5.75 Å². The lowest BCUT2D eigenvalue weighted by molar-refractivity contribution is -0.129. The maximum atomic E-state index is 12.2. The molecule has 0 radical (unpaired) electrons. The van der Waals surface area contributed by atoms with E-state index in [-0.39, 0.29) is 12.4 Å². The maximum absolute atomic E-state index is 12.2. The smallest absolute Gasteiger partial charge is 0.177 e. The van der Waals surface area contributed by atoms with Crippen LogP contribution in [-0.2, 0) is 11.3 Å². The molecule has 0 aliphatic carbocycles. The highest BCUT2D eigenvalue weighted by Gasteiger charge is 2.28. The zero-order chi connectivity index (χ0) is 14.6. The van der Waals surface area contributed by atoms with Crippen LogP contribution in [0.3, 0.4) is 0 Å². The number of aromatic nitrogens is 2. The molecular weight excluding hydrogens is 276 g/mol. The Labute approximate surface area is 123 Å². The molecule has 0 atom stereocenters. The first kappa shape index (κ1) is 14.6. The summed E-state index contributed by atoms with van der Waals surface area (Å²) in [4.78, 5) is 16.2. The Hall–Kier alpha value is -1.81. The number of hydrogen-bond donors (Lipinski definition) is 0. The van der Waals surface area contributed by atoms with Crippen LogP contribution in [0.2, 0.25) is 5.02 Å². The normalized spacial score (nSPS) is 11.3. The van der Waals surface area contributed by atoms with Crippen LogP contribution >= 0.6 is 11.6 Å². The van der Waals surface area contributed by atoms with Gasteiger partial charge in [-0.3, -0.25) is 4.79 Å². The van der Waals surface area contributed by atoms with Gasteiger partial charge in [-0.1, -0.05) is 25.4 Å². The Bertz CT molecular complexity index is 562. The van der Waals surface area contributed by atoms with Crippen LogP contribution in [0.25, 0.3) is 0 Å². The first-order chi connectivity index (χ1) is 9.47. The van der Waals surface area contributed by atoms with Gasteiger partial charge < -0.3 is 9.30 Å². The molecule has 1 aromatic carbocycles. The molecule has 0 spiro atoms. The van der Waals surface area contributed by atoms with E-state index in [0.717, 1.165) is 0 Å². The summed E-state index contributed by atoms with van der Waals surface area (Å²) < 4.78 is 7.38. The molecule has 2 rings (SSSR count). The molecule has 106 valence electrons. The minimum Gasteiger partial charge on any atom is -0.486 e. The molecular formula is C15H17ClN2O2. The van der Waals surface area contributed by atoms with Gasteiger partial charge in [0.1, 0.15) is 12.4 Å². The second-order valence-corrected chi connectivity index (χ2v) is 5.72. The van der Waals surface area contributed by atoms with E-state index in [4.69, 9.17) is 16.3 Å². The van der Waals surface area contributed by atoms with Gasteiger partial charge in [-0.2, -0.15) is 0 Å². The third kappa shape index (κ3) is 3.84. The third-order valence-electron chi connectivity index (χ3n) is 3.08. The van der Waals surface area contributed by atoms with Gasteiger partial charge in [0, 0.05) is 29.4 Å². The van der Waals surface area contributed by atoms with Crippen LogP contribution in [0.4, 0.5) is 0 Å². The summed E-state index contributed by atoms with van der Waals surface area (Å²) in [6.45, 7) is 4.43. The first-order valence-corrected chi connectivity index (χ1v) is 6.72. The predicted molar refractivity (Wildman–Crippen MR) is 78.0 cm³/mol. The average molecular weight is 293 g/mol. The van der Waals surface area contributed by atoms with E-state index in [9.17, 15) is 4.79 Å². The Morgan fingerprint density at radius 2 is 2.05 bits per heavy atom. The maximum Gasteiger partial charge on any atom is 0.177 e. The van der Waals surface area contributed by atoms with Crippen LogP contribution in [0, 0.1) is 5.41 Å². The van der Waals surface area contributed by atoms with E-state index in [1.807, 2.05) is 24.6 Å². The Morgan fingerprint density at radius 3 is 2.65 bits per heavy atom. The Balaban J connectivity index is 1.91. The number of Topliss-reactive ketones (excluding diaryl/α,β-unsaturated/α-hetero) is 1. The van der Waals surface area contributed by atoms with Gasteiger partial charge in [-0.15, -0.1) is 0 Å². The van der Waals surface area contributed by atoms with Gasteiger partial charge in [0.15, 0.2) is 5.78 Å². The highest BCUT2D eigenvalue weighted by atomic mass is 35.5. The zero-order valence-electron chi connectivity index (χ0n) is 11.5. The van der Waals surface area contributed by atoms with Gasteiger partial charge in [-0.25, -0.2) is 4.98 Å². The van der Waals surface area contributed by atoms with E-state index >= 15 is 0 Å². The standard InChI is InChI=1S/C15H17ClN2O2/c1-15(2,10-18-8-7-17-11-18)14(19)9-20-13-5-3-12(16)4-6-13/h3-8,11H,9-10H2,1-2H3. The van der Waals surface area contributed by atoms with Crippen molar-refractivity contribution in [2.75, 3.05) is 6.61 Å². The fraction of sp³-hybridized carbons (Fsp3) is 0.333. The largest absolute Gasteiger partial charge is 0.486 e. The monoisotopic (exact) mass is 292 g/mol. The number of halogens is 1. The summed E-state index contributed by atoms with van der Waals surface area (Å²) in [5.41, 5.74) is -0.507. The number of nitrogens with zero attached hydrogens (tertiary/aromatic N) is 2. The van der Waals surface area contributed by atoms with Crippen LogP contribution in [0.1, 0.15) is 13.8 Å². The van der Waals surface area contributed by atoms with Crippen LogP contribution in [-0.4, -0.2) is 21.9 Å². The minimum atomic E-state index is -0.507. The van der Waals surface area contributed by atoms with Crippen molar-refractivity contribution in [3.05, 3.63) is 48.0 Å². The van der Waals surface area contributed by atoms with E-state index in [2.05, 4.69) is 4.98 Å². The van der Waals surface area contributed by atoms with Crippen molar-refractivity contribution in [3.63, 3.8) is 0 Å². The third-order valence-corrected chi connectivity index (χ3v) is 3.33. The number of imidazole rings is 1. The molecule has 0 saturated carbocycles. The quantitative estimate of drug-likeness (QED) is 0.821. The number of ketones is 1.